The molecule has 0 aliphatic heterocycles. The highest BCUT2D eigenvalue weighted by Gasteiger charge is 2.20. The van der Waals surface area contributed by atoms with E-state index in [0.29, 0.717) is 17.8 Å². The predicted molar refractivity (Wildman–Crippen MR) is 130 cm³/mol. The third-order valence-corrected chi connectivity index (χ3v) is 6.68. The molecule has 0 bridgehead atoms. The number of aromatic nitrogens is 2. The van der Waals surface area contributed by atoms with Crippen molar-refractivity contribution in [2.45, 2.75) is 45.2 Å². The van der Waals surface area contributed by atoms with E-state index >= 15 is 0 Å². The number of sulfonamides is 1. The molecule has 0 amide bonds. The second-order valence-electron chi connectivity index (χ2n) is 8.08. The maximum absolute atomic E-state index is 12.8. The van der Waals surface area contributed by atoms with Crippen LogP contribution in [0.2, 0.25) is 0 Å². The van der Waals surface area contributed by atoms with Crippen LogP contribution in [0.15, 0.2) is 53.4 Å². The van der Waals surface area contributed by atoms with Crippen LogP contribution in [-0.2, 0) is 23.1 Å². The monoisotopic (exact) mass is 484 g/mol. The summed E-state index contributed by atoms with van der Waals surface area (Å²) in [5.41, 5.74) is 2.77. The molecule has 0 radical (unpaired) electrons. The minimum absolute atomic E-state index is 0.0323. The summed E-state index contributed by atoms with van der Waals surface area (Å²) < 4.78 is 29.8. The van der Waals surface area contributed by atoms with E-state index < -0.39 is 16.0 Å². The number of rotatable bonds is 10. The number of Topliss-reactive ketones (excluding diaryl/α,β-unsaturated/α-hetero) is 1. The highest BCUT2D eigenvalue weighted by atomic mass is 32.2. The van der Waals surface area contributed by atoms with Gasteiger partial charge in [-0.25, -0.2) is 13.2 Å². The van der Waals surface area contributed by atoms with E-state index in [2.05, 4.69) is 16.7 Å². The van der Waals surface area contributed by atoms with Gasteiger partial charge in [-0.1, -0.05) is 19.1 Å². The average Bonchev–Trinajstić information content (AvgIpc) is 3.12. The Hall–Kier alpha value is -3.66. The zero-order chi connectivity index (χ0) is 25.0. The van der Waals surface area contributed by atoms with Crippen molar-refractivity contribution >= 4 is 33.2 Å². The van der Waals surface area contributed by atoms with Crippen molar-refractivity contribution in [1.29, 1.82) is 0 Å². The molecule has 34 heavy (non-hydrogen) atoms. The van der Waals surface area contributed by atoms with Gasteiger partial charge in [-0.3, -0.25) is 14.2 Å². The number of carboxylic acid groups (broad SMARTS) is 1. The largest absolute Gasteiger partial charge is 0.478 e. The molecule has 0 spiro atoms. The summed E-state index contributed by atoms with van der Waals surface area (Å²) in [6, 6.07) is 11.9. The van der Waals surface area contributed by atoms with Gasteiger partial charge in [-0.05, 0) is 56.7 Å². The number of carbonyl (C=O) groups is 2. The van der Waals surface area contributed by atoms with Gasteiger partial charge in [-0.2, -0.15) is 5.10 Å². The highest BCUT2D eigenvalue weighted by molar-refractivity contribution is 7.92. The molecule has 9 nitrogen and oxygen atoms in total. The van der Waals surface area contributed by atoms with E-state index in [4.69, 9.17) is 0 Å². The van der Waals surface area contributed by atoms with Gasteiger partial charge in [0.25, 0.3) is 10.0 Å². The highest BCUT2D eigenvalue weighted by Crippen LogP contribution is 2.27. The van der Waals surface area contributed by atoms with Crippen molar-refractivity contribution in [3.05, 3.63) is 71.0 Å². The lowest BCUT2D eigenvalue weighted by atomic mass is 10.1. The normalized spacial score (nSPS) is 11.3. The molecular weight excluding hydrogens is 456 g/mol. The summed E-state index contributed by atoms with van der Waals surface area (Å²) in [6.45, 7) is 6.57. The van der Waals surface area contributed by atoms with Gasteiger partial charge in [-0.15, -0.1) is 0 Å². The minimum Gasteiger partial charge on any atom is -0.478 e. The molecule has 0 saturated heterocycles. The van der Waals surface area contributed by atoms with Gasteiger partial charge in [0.1, 0.15) is 0 Å². The summed E-state index contributed by atoms with van der Waals surface area (Å²) in [5, 5.41) is 14.3. The lowest BCUT2D eigenvalue weighted by molar-refractivity contribution is 0.0697. The first-order valence-corrected chi connectivity index (χ1v) is 12.3. The first-order chi connectivity index (χ1) is 16.0. The van der Waals surface area contributed by atoms with Crippen molar-refractivity contribution in [3.63, 3.8) is 0 Å². The number of carbonyl (C=O) groups excluding carboxylic acids is 1. The van der Waals surface area contributed by atoms with E-state index in [9.17, 15) is 23.1 Å². The van der Waals surface area contributed by atoms with Crippen LogP contribution in [0, 0.1) is 6.92 Å². The number of benzene rings is 2. The first kappa shape index (κ1) is 25.0. The van der Waals surface area contributed by atoms with Crippen LogP contribution in [-0.4, -0.2) is 42.1 Å². The summed E-state index contributed by atoms with van der Waals surface area (Å²) >= 11 is 0. The second kappa shape index (κ2) is 10.1. The fourth-order valence-electron chi connectivity index (χ4n) is 3.65. The van der Waals surface area contributed by atoms with Crippen molar-refractivity contribution in [2.24, 2.45) is 0 Å². The van der Waals surface area contributed by atoms with Gasteiger partial charge >= 0.3 is 5.97 Å². The quantitative estimate of drug-likeness (QED) is 0.418. The number of carboxylic acids is 1. The molecule has 3 aromatic rings. The van der Waals surface area contributed by atoms with Crippen LogP contribution in [0.3, 0.4) is 0 Å². The molecule has 0 saturated carbocycles. The number of nitrogens with zero attached hydrogens (tertiary/aromatic N) is 3. The third-order valence-electron chi connectivity index (χ3n) is 5.28. The maximum Gasteiger partial charge on any atom is 0.337 e. The molecule has 2 aromatic carbocycles. The van der Waals surface area contributed by atoms with Crippen molar-refractivity contribution in [3.8, 4) is 0 Å². The summed E-state index contributed by atoms with van der Waals surface area (Å²) in [4.78, 5) is 25.2. The van der Waals surface area contributed by atoms with E-state index in [-0.39, 0.29) is 21.9 Å². The number of aromatic carboxylic acids is 1. The Morgan fingerprint density at radius 3 is 2.38 bits per heavy atom. The Balaban J connectivity index is 1.86. The Morgan fingerprint density at radius 1 is 1.12 bits per heavy atom. The van der Waals surface area contributed by atoms with Crippen LogP contribution < -0.4 is 9.62 Å². The Bertz CT molecular complexity index is 1310. The molecule has 2 N–H and O–H groups in total. The van der Waals surface area contributed by atoms with Gasteiger partial charge in [0.05, 0.1) is 34.1 Å². The SMILES string of the molecule is CCCn1nc(C)cc1CN(C)c1ccc(NS(=O)(=O)c2ccc(C(C)=O)cc2)cc1C(=O)O. The number of anilines is 2. The number of hydrogen-bond donors (Lipinski definition) is 2. The molecule has 0 aliphatic carbocycles. The Kier molecular flexibility index (Phi) is 7.41. The molecule has 1 heterocycles. The Labute approximate surface area is 199 Å². The molecule has 0 atom stereocenters. The maximum atomic E-state index is 12.8. The number of nitrogens with one attached hydrogen (secondary N) is 1. The van der Waals surface area contributed by atoms with Gasteiger partial charge < -0.3 is 10.0 Å². The number of hydrogen-bond acceptors (Lipinski definition) is 6. The van der Waals surface area contributed by atoms with Gasteiger partial charge in [0.2, 0.25) is 0 Å². The van der Waals surface area contributed by atoms with Crippen molar-refractivity contribution in [2.75, 3.05) is 16.7 Å². The zero-order valence-corrected chi connectivity index (χ0v) is 20.4. The summed E-state index contributed by atoms with van der Waals surface area (Å²) in [5.74, 6) is -1.34. The molecule has 0 fully saturated rings. The van der Waals surface area contributed by atoms with Crippen LogP contribution in [0.25, 0.3) is 0 Å². The van der Waals surface area contributed by atoms with E-state index in [1.54, 1.807) is 18.0 Å². The van der Waals surface area contributed by atoms with Gasteiger partial charge in [0.15, 0.2) is 5.78 Å². The molecule has 0 unspecified atom stereocenters. The molecular formula is C24H28N4O5S. The fourth-order valence-corrected chi connectivity index (χ4v) is 4.70. The molecule has 10 heteroatoms. The smallest absolute Gasteiger partial charge is 0.337 e. The average molecular weight is 485 g/mol. The van der Waals surface area contributed by atoms with E-state index in [1.165, 1.54) is 43.3 Å². The van der Waals surface area contributed by atoms with Crippen LogP contribution in [0.1, 0.15) is 52.4 Å². The molecule has 0 aliphatic rings. The predicted octanol–water partition coefficient (Wildman–Crippen LogP) is 3.94. The van der Waals surface area contributed by atoms with E-state index in [1.807, 2.05) is 17.7 Å². The molecule has 180 valence electrons. The minimum atomic E-state index is -3.97. The third kappa shape index (κ3) is 5.63. The van der Waals surface area contributed by atoms with Crippen molar-refractivity contribution in [1.82, 2.24) is 9.78 Å². The molecule has 1 aromatic heterocycles. The van der Waals surface area contributed by atoms with Crippen LogP contribution in [0.4, 0.5) is 11.4 Å². The second-order valence-corrected chi connectivity index (χ2v) is 9.76. The first-order valence-electron chi connectivity index (χ1n) is 10.8. The van der Waals surface area contributed by atoms with E-state index in [0.717, 1.165) is 24.4 Å². The topological polar surface area (TPSA) is 122 Å². The van der Waals surface area contributed by atoms with Crippen LogP contribution in [0.5, 0.6) is 0 Å². The summed E-state index contributed by atoms with van der Waals surface area (Å²) in [7, 11) is -2.19. The zero-order valence-electron chi connectivity index (χ0n) is 19.6. The summed E-state index contributed by atoms with van der Waals surface area (Å²) in [6.07, 6.45) is 0.921. The number of ketones is 1. The van der Waals surface area contributed by atoms with Crippen molar-refractivity contribution < 1.29 is 23.1 Å². The molecule has 3 rings (SSSR count). The lowest BCUT2D eigenvalue weighted by Gasteiger charge is -2.22. The van der Waals surface area contributed by atoms with Gasteiger partial charge in [0, 0.05) is 24.8 Å². The lowest BCUT2D eigenvalue weighted by Crippen LogP contribution is -2.22. The Morgan fingerprint density at radius 2 is 1.79 bits per heavy atom. The number of aryl methyl sites for hydroxylation is 2. The fraction of sp³-hybridized carbons (Fsp3) is 0.292. The standard InChI is InChI=1S/C24H28N4O5S/c1-5-12-28-20(13-16(2)25-28)15-27(4)23-11-8-19(14-22(23)24(30)31)26-34(32,33)21-9-6-18(7-10-21)17(3)29/h6-11,13-14,26H,5,12,15H2,1-4H3,(H,30,31). The van der Waals surface area contributed by atoms with Crippen LogP contribution >= 0.6 is 0 Å².